The number of halogens is 3. The number of rotatable bonds is 12. The van der Waals surface area contributed by atoms with Crippen molar-refractivity contribution in [2.24, 2.45) is 0 Å². The molecule has 0 bridgehead atoms. The minimum Gasteiger partial charge on any atom is -0.354 e. The standard InChI is InChI=1S/C24H29Cl3N2O2S/c1-3-5-13-28-24(31)22(4-2)29(14-17-9-6-7-10-19(17)25)23(30)16-32-15-18-20(26)11-8-12-21(18)27/h6-12,22H,3-5,13-16H2,1-2H3,(H,28,31)/t22-/m0/s1. The zero-order valence-electron chi connectivity index (χ0n) is 18.4. The average Bonchev–Trinajstić information content (AvgIpc) is 2.77. The largest absolute Gasteiger partial charge is 0.354 e. The summed E-state index contributed by atoms with van der Waals surface area (Å²) in [6.45, 7) is 4.85. The fourth-order valence-corrected chi connectivity index (χ4v) is 5.07. The van der Waals surface area contributed by atoms with Crippen LogP contribution < -0.4 is 5.32 Å². The van der Waals surface area contributed by atoms with Crippen molar-refractivity contribution in [3.05, 3.63) is 68.7 Å². The van der Waals surface area contributed by atoms with Crippen LogP contribution in [0.5, 0.6) is 0 Å². The van der Waals surface area contributed by atoms with Crippen molar-refractivity contribution in [2.75, 3.05) is 12.3 Å². The van der Waals surface area contributed by atoms with E-state index in [9.17, 15) is 9.59 Å². The fourth-order valence-electron chi connectivity index (χ4n) is 3.23. The van der Waals surface area contributed by atoms with Crippen molar-refractivity contribution in [1.29, 1.82) is 0 Å². The summed E-state index contributed by atoms with van der Waals surface area (Å²) in [6.07, 6.45) is 2.39. The van der Waals surface area contributed by atoms with Crippen LogP contribution in [0.15, 0.2) is 42.5 Å². The molecule has 0 aromatic heterocycles. The zero-order chi connectivity index (χ0) is 23.5. The number of nitrogens with zero attached hydrogens (tertiary/aromatic N) is 1. The molecule has 2 rings (SSSR count). The summed E-state index contributed by atoms with van der Waals surface area (Å²) in [5.41, 5.74) is 1.61. The molecule has 32 heavy (non-hydrogen) atoms. The number of amides is 2. The molecule has 2 aromatic carbocycles. The van der Waals surface area contributed by atoms with Gasteiger partial charge in [-0.2, -0.15) is 0 Å². The fraction of sp³-hybridized carbons (Fsp3) is 0.417. The highest BCUT2D eigenvalue weighted by Crippen LogP contribution is 2.29. The molecule has 0 aliphatic rings. The molecule has 2 aromatic rings. The molecule has 8 heteroatoms. The van der Waals surface area contributed by atoms with Crippen LogP contribution in [-0.4, -0.2) is 35.1 Å². The summed E-state index contributed by atoms with van der Waals surface area (Å²) in [5, 5.41) is 4.68. The minimum absolute atomic E-state index is 0.129. The maximum absolute atomic E-state index is 13.3. The van der Waals surface area contributed by atoms with Gasteiger partial charge in [0.05, 0.1) is 5.75 Å². The van der Waals surface area contributed by atoms with Crippen molar-refractivity contribution < 1.29 is 9.59 Å². The first-order chi connectivity index (χ1) is 15.4. The molecule has 4 nitrogen and oxygen atoms in total. The molecule has 1 atom stereocenters. The lowest BCUT2D eigenvalue weighted by molar-refractivity contribution is -0.139. The van der Waals surface area contributed by atoms with Gasteiger partial charge in [-0.25, -0.2) is 0 Å². The van der Waals surface area contributed by atoms with Gasteiger partial charge in [0.15, 0.2) is 0 Å². The molecular formula is C24H29Cl3N2O2S. The normalized spacial score (nSPS) is 11.8. The lowest BCUT2D eigenvalue weighted by Gasteiger charge is -2.31. The maximum atomic E-state index is 13.3. The van der Waals surface area contributed by atoms with Crippen molar-refractivity contribution in [3.63, 3.8) is 0 Å². The highest BCUT2D eigenvalue weighted by Gasteiger charge is 2.28. The monoisotopic (exact) mass is 514 g/mol. The second-order valence-corrected chi connectivity index (χ2v) is 9.58. The summed E-state index contributed by atoms with van der Waals surface area (Å²) < 4.78 is 0. The predicted molar refractivity (Wildman–Crippen MR) is 137 cm³/mol. The van der Waals surface area contributed by atoms with Gasteiger partial charge in [0, 0.05) is 33.9 Å². The number of unbranched alkanes of at least 4 members (excludes halogenated alkanes) is 1. The summed E-state index contributed by atoms with van der Waals surface area (Å²) >= 11 is 20.3. The second kappa shape index (κ2) is 14.0. The minimum atomic E-state index is -0.569. The van der Waals surface area contributed by atoms with E-state index < -0.39 is 6.04 Å². The highest BCUT2D eigenvalue weighted by atomic mass is 35.5. The number of hydrogen-bond donors (Lipinski definition) is 1. The Bertz CT molecular complexity index is 890. The summed E-state index contributed by atoms with van der Waals surface area (Å²) in [6, 6.07) is 12.2. The summed E-state index contributed by atoms with van der Waals surface area (Å²) in [4.78, 5) is 27.8. The van der Waals surface area contributed by atoms with Gasteiger partial charge in [0.1, 0.15) is 6.04 Å². The summed E-state index contributed by atoms with van der Waals surface area (Å²) in [5.74, 6) is 0.435. The molecule has 0 heterocycles. The molecule has 0 radical (unpaired) electrons. The van der Waals surface area contributed by atoms with Crippen LogP contribution in [0.3, 0.4) is 0 Å². The third kappa shape index (κ3) is 7.87. The Morgan fingerprint density at radius 1 is 1.00 bits per heavy atom. The molecule has 0 aliphatic carbocycles. The molecule has 2 amide bonds. The van der Waals surface area contributed by atoms with Gasteiger partial charge < -0.3 is 10.2 Å². The Hall–Kier alpha value is -1.40. The van der Waals surface area contributed by atoms with E-state index in [0.29, 0.717) is 33.8 Å². The van der Waals surface area contributed by atoms with Gasteiger partial charge in [-0.05, 0) is 42.2 Å². The van der Waals surface area contributed by atoms with Crippen molar-refractivity contribution in [2.45, 2.75) is 51.4 Å². The first-order valence-corrected chi connectivity index (χ1v) is 13.0. The molecule has 0 unspecified atom stereocenters. The Kier molecular flexibility index (Phi) is 11.7. The van der Waals surface area contributed by atoms with Crippen LogP contribution in [0.4, 0.5) is 0 Å². The summed E-state index contributed by atoms with van der Waals surface area (Å²) in [7, 11) is 0. The molecule has 0 fully saturated rings. The SMILES string of the molecule is CCCCNC(=O)[C@H](CC)N(Cc1ccccc1Cl)C(=O)CSCc1c(Cl)cccc1Cl. The third-order valence-electron chi connectivity index (χ3n) is 5.05. The number of hydrogen-bond acceptors (Lipinski definition) is 3. The van der Waals surface area contributed by atoms with Gasteiger partial charge >= 0.3 is 0 Å². The van der Waals surface area contributed by atoms with Crippen LogP contribution in [-0.2, 0) is 21.9 Å². The molecule has 1 N–H and O–H groups in total. The lowest BCUT2D eigenvalue weighted by Crippen LogP contribution is -2.49. The smallest absolute Gasteiger partial charge is 0.242 e. The number of benzene rings is 2. The van der Waals surface area contributed by atoms with Crippen LogP contribution >= 0.6 is 46.6 Å². The third-order valence-corrected chi connectivity index (χ3v) is 7.07. The van der Waals surface area contributed by atoms with Crippen LogP contribution in [0.2, 0.25) is 15.1 Å². The quantitative estimate of drug-likeness (QED) is 0.324. The molecular weight excluding hydrogens is 487 g/mol. The topological polar surface area (TPSA) is 49.4 Å². The van der Waals surface area contributed by atoms with Gasteiger partial charge in [0.25, 0.3) is 0 Å². The Balaban J connectivity index is 2.15. The van der Waals surface area contributed by atoms with E-state index in [2.05, 4.69) is 12.2 Å². The second-order valence-electron chi connectivity index (χ2n) is 7.37. The van der Waals surface area contributed by atoms with Gasteiger partial charge in [0.2, 0.25) is 11.8 Å². The van der Waals surface area contributed by atoms with Gasteiger partial charge in [-0.15, -0.1) is 11.8 Å². The number of nitrogens with one attached hydrogen (secondary N) is 1. The predicted octanol–water partition coefficient (Wildman–Crippen LogP) is 6.60. The van der Waals surface area contributed by atoms with Crippen molar-refractivity contribution >= 4 is 58.4 Å². The van der Waals surface area contributed by atoms with E-state index in [-0.39, 0.29) is 24.1 Å². The van der Waals surface area contributed by atoms with E-state index >= 15 is 0 Å². The highest BCUT2D eigenvalue weighted by molar-refractivity contribution is 7.99. The van der Waals surface area contributed by atoms with Gasteiger partial charge in [-0.1, -0.05) is 79.3 Å². The van der Waals surface area contributed by atoms with Crippen molar-refractivity contribution in [3.8, 4) is 0 Å². The average molecular weight is 516 g/mol. The molecule has 0 saturated carbocycles. The maximum Gasteiger partial charge on any atom is 0.242 e. The van der Waals surface area contributed by atoms with E-state index in [0.717, 1.165) is 24.0 Å². The Morgan fingerprint density at radius 2 is 1.66 bits per heavy atom. The number of carbonyl (C=O) groups excluding carboxylic acids is 2. The first kappa shape index (κ1) is 26.8. The first-order valence-electron chi connectivity index (χ1n) is 10.7. The van der Waals surface area contributed by atoms with Crippen molar-refractivity contribution in [1.82, 2.24) is 10.2 Å². The van der Waals surface area contributed by atoms with E-state index in [1.54, 1.807) is 29.2 Å². The van der Waals surface area contributed by atoms with Crippen LogP contribution in [0.25, 0.3) is 0 Å². The van der Waals surface area contributed by atoms with E-state index in [1.165, 1.54) is 11.8 Å². The van der Waals surface area contributed by atoms with Crippen LogP contribution in [0, 0.1) is 0 Å². The molecule has 174 valence electrons. The van der Waals surface area contributed by atoms with Gasteiger partial charge in [-0.3, -0.25) is 9.59 Å². The zero-order valence-corrected chi connectivity index (χ0v) is 21.5. The van der Waals surface area contributed by atoms with E-state index in [1.807, 2.05) is 25.1 Å². The molecule has 0 spiro atoms. The Morgan fingerprint density at radius 3 is 2.28 bits per heavy atom. The number of carbonyl (C=O) groups is 2. The lowest BCUT2D eigenvalue weighted by atomic mass is 10.1. The molecule has 0 aliphatic heterocycles. The number of thioether (sulfide) groups is 1. The Labute approximate surface area is 210 Å². The van der Waals surface area contributed by atoms with E-state index in [4.69, 9.17) is 34.8 Å². The molecule has 0 saturated heterocycles. The van der Waals surface area contributed by atoms with Crippen LogP contribution in [0.1, 0.15) is 44.2 Å².